The lowest BCUT2D eigenvalue weighted by atomic mass is 10.0. The molecule has 1 aromatic heterocycles. The van der Waals surface area contributed by atoms with Crippen molar-refractivity contribution in [3.05, 3.63) is 59.0 Å². The molecule has 4 amide bonds. The smallest absolute Gasteiger partial charge is 0.312 e. The fourth-order valence-corrected chi connectivity index (χ4v) is 3.70. The highest BCUT2D eigenvalue weighted by Gasteiger charge is 2.26. The van der Waals surface area contributed by atoms with Crippen molar-refractivity contribution in [3.63, 3.8) is 0 Å². The van der Waals surface area contributed by atoms with E-state index in [9.17, 15) is 14.4 Å². The molecule has 3 rings (SSSR count). The number of hydrogen-bond donors (Lipinski definition) is 3. The van der Waals surface area contributed by atoms with Gasteiger partial charge < -0.3 is 25.7 Å². The molecule has 1 fully saturated rings. The Hall–Kier alpha value is -3.00. The van der Waals surface area contributed by atoms with Gasteiger partial charge in [-0.2, -0.15) is 0 Å². The predicted molar refractivity (Wildman–Crippen MR) is 107 cm³/mol. The SMILES string of the molecule is NC(=O)N[C@H](CC(=O)NC1CCN(C(=O)c2ccoc2)CC1)c1ccccc1Cl. The van der Waals surface area contributed by atoms with Crippen molar-refractivity contribution in [2.24, 2.45) is 5.73 Å². The maximum Gasteiger partial charge on any atom is 0.312 e. The Morgan fingerprint density at radius 2 is 1.93 bits per heavy atom. The Balaban J connectivity index is 1.54. The number of nitrogens with zero attached hydrogens (tertiary/aromatic N) is 1. The summed E-state index contributed by atoms with van der Waals surface area (Å²) in [4.78, 5) is 38.0. The monoisotopic (exact) mass is 418 g/mol. The van der Waals surface area contributed by atoms with Gasteiger partial charge in [0.1, 0.15) is 6.26 Å². The van der Waals surface area contributed by atoms with Crippen molar-refractivity contribution in [1.82, 2.24) is 15.5 Å². The fourth-order valence-electron chi connectivity index (χ4n) is 3.44. The van der Waals surface area contributed by atoms with Crippen LogP contribution in [0.4, 0.5) is 4.79 Å². The lowest BCUT2D eigenvalue weighted by molar-refractivity contribution is -0.122. The Bertz CT molecular complexity index is 863. The predicted octanol–water partition coefficient (Wildman–Crippen LogP) is 2.45. The summed E-state index contributed by atoms with van der Waals surface area (Å²) < 4.78 is 4.96. The normalized spacial score (nSPS) is 15.6. The van der Waals surface area contributed by atoms with Gasteiger partial charge in [0, 0.05) is 24.2 Å². The first-order chi connectivity index (χ1) is 13.9. The zero-order chi connectivity index (χ0) is 20.8. The molecule has 8 nitrogen and oxygen atoms in total. The summed E-state index contributed by atoms with van der Waals surface area (Å²) >= 11 is 6.20. The maximum atomic E-state index is 12.6. The number of nitrogens with one attached hydrogen (secondary N) is 2. The van der Waals surface area contributed by atoms with Crippen molar-refractivity contribution < 1.29 is 18.8 Å². The van der Waals surface area contributed by atoms with E-state index in [1.807, 2.05) is 0 Å². The van der Waals surface area contributed by atoms with E-state index in [-0.39, 0.29) is 24.3 Å². The second-order valence-corrected chi connectivity index (χ2v) is 7.34. The van der Waals surface area contributed by atoms with Gasteiger partial charge in [-0.25, -0.2) is 4.79 Å². The highest BCUT2D eigenvalue weighted by molar-refractivity contribution is 6.31. The van der Waals surface area contributed by atoms with Crippen LogP contribution < -0.4 is 16.4 Å². The van der Waals surface area contributed by atoms with Gasteiger partial charge in [-0.05, 0) is 30.5 Å². The molecule has 29 heavy (non-hydrogen) atoms. The molecule has 0 aliphatic carbocycles. The number of primary amides is 1. The van der Waals surface area contributed by atoms with E-state index in [2.05, 4.69) is 10.6 Å². The summed E-state index contributed by atoms with van der Waals surface area (Å²) in [6.07, 6.45) is 4.21. The Morgan fingerprint density at radius 1 is 1.21 bits per heavy atom. The van der Waals surface area contributed by atoms with Gasteiger partial charge in [0.25, 0.3) is 5.91 Å². The van der Waals surface area contributed by atoms with E-state index in [1.165, 1.54) is 12.5 Å². The van der Waals surface area contributed by atoms with Crippen LogP contribution in [0.3, 0.4) is 0 Å². The van der Waals surface area contributed by atoms with E-state index in [0.29, 0.717) is 42.1 Å². The zero-order valence-electron chi connectivity index (χ0n) is 15.8. The average Bonchev–Trinajstić information content (AvgIpc) is 3.22. The number of nitrogens with two attached hydrogens (primary N) is 1. The molecule has 0 saturated carbocycles. The number of halogens is 1. The molecule has 2 heterocycles. The van der Waals surface area contributed by atoms with Gasteiger partial charge in [0.2, 0.25) is 5.91 Å². The molecule has 1 aliphatic rings. The van der Waals surface area contributed by atoms with E-state index < -0.39 is 12.1 Å². The molecule has 2 aromatic rings. The molecule has 9 heteroatoms. The van der Waals surface area contributed by atoms with E-state index >= 15 is 0 Å². The summed E-state index contributed by atoms with van der Waals surface area (Å²) in [5, 5.41) is 6.00. The summed E-state index contributed by atoms with van der Waals surface area (Å²) in [6, 6.07) is 7.23. The first kappa shape index (κ1) is 20.7. The number of likely N-dealkylation sites (tertiary alicyclic amines) is 1. The van der Waals surface area contributed by atoms with Crippen molar-refractivity contribution in [3.8, 4) is 0 Å². The zero-order valence-corrected chi connectivity index (χ0v) is 16.5. The van der Waals surface area contributed by atoms with Crippen LogP contribution in [0.2, 0.25) is 5.02 Å². The molecule has 0 unspecified atom stereocenters. The standard InChI is InChI=1S/C20H23ClN4O4/c21-16-4-2-1-3-15(16)17(24-20(22)28)11-18(26)23-14-5-8-25(9-6-14)19(27)13-7-10-29-12-13/h1-4,7,10,12,14,17H,5-6,8-9,11H2,(H,23,26)(H3,22,24,28)/t17-/m1/s1. The number of benzene rings is 1. The van der Waals surface area contributed by atoms with E-state index in [4.69, 9.17) is 21.8 Å². The minimum Gasteiger partial charge on any atom is -0.472 e. The third kappa shape index (κ3) is 5.51. The minimum atomic E-state index is -0.728. The first-order valence-corrected chi connectivity index (χ1v) is 9.73. The van der Waals surface area contributed by atoms with Crippen molar-refractivity contribution in [2.45, 2.75) is 31.3 Å². The number of carbonyl (C=O) groups excluding carboxylic acids is 3. The van der Waals surface area contributed by atoms with Crippen LogP contribution in [-0.2, 0) is 4.79 Å². The largest absolute Gasteiger partial charge is 0.472 e. The molecule has 154 valence electrons. The number of carbonyl (C=O) groups is 3. The van der Waals surface area contributed by atoms with Crippen LogP contribution in [0.25, 0.3) is 0 Å². The quantitative estimate of drug-likeness (QED) is 0.667. The first-order valence-electron chi connectivity index (χ1n) is 9.35. The third-order valence-corrected chi connectivity index (χ3v) is 5.25. The molecule has 1 aliphatic heterocycles. The molecule has 0 radical (unpaired) electrons. The maximum absolute atomic E-state index is 12.6. The van der Waals surface area contributed by atoms with Crippen LogP contribution >= 0.6 is 11.6 Å². The summed E-state index contributed by atoms with van der Waals surface area (Å²) in [5.41, 5.74) is 6.40. The summed E-state index contributed by atoms with van der Waals surface area (Å²) in [7, 11) is 0. The van der Waals surface area contributed by atoms with E-state index in [0.717, 1.165) is 0 Å². The van der Waals surface area contributed by atoms with Crippen LogP contribution in [0.5, 0.6) is 0 Å². The molecule has 1 atom stereocenters. The highest BCUT2D eigenvalue weighted by atomic mass is 35.5. The average molecular weight is 419 g/mol. The molecule has 1 aromatic carbocycles. The Labute approximate surface area is 173 Å². The molecular formula is C20H23ClN4O4. The van der Waals surface area contributed by atoms with Crippen LogP contribution in [-0.4, -0.2) is 41.9 Å². The van der Waals surface area contributed by atoms with Crippen molar-refractivity contribution in [2.75, 3.05) is 13.1 Å². The lowest BCUT2D eigenvalue weighted by Gasteiger charge is -2.32. The minimum absolute atomic E-state index is 0.0147. The number of piperidine rings is 1. The molecule has 1 saturated heterocycles. The van der Waals surface area contributed by atoms with Gasteiger partial charge in [-0.1, -0.05) is 29.8 Å². The number of furan rings is 1. The lowest BCUT2D eigenvalue weighted by Crippen LogP contribution is -2.47. The Morgan fingerprint density at radius 3 is 2.55 bits per heavy atom. The topological polar surface area (TPSA) is 118 Å². The summed E-state index contributed by atoms with van der Waals surface area (Å²) in [6.45, 7) is 1.09. The third-order valence-electron chi connectivity index (χ3n) is 4.90. The molecule has 0 bridgehead atoms. The second kappa shape index (κ2) is 9.47. The van der Waals surface area contributed by atoms with Crippen molar-refractivity contribution >= 4 is 29.4 Å². The van der Waals surface area contributed by atoms with E-state index in [1.54, 1.807) is 35.2 Å². The van der Waals surface area contributed by atoms with Crippen LogP contribution in [0.1, 0.15) is 41.2 Å². The van der Waals surface area contributed by atoms with Gasteiger partial charge in [0.15, 0.2) is 0 Å². The highest BCUT2D eigenvalue weighted by Crippen LogP contribution is 2.25. The van der Waals surface area contributed by atoms with Gasteiger partial charge >= 0.3 is 6.03 Å². The summed E-state index contributed by atoms with van der Waals surface area (Å²) in [5.74, 6) is -0.295. The van der Waals surface area contributed by atoms with Gasteiger partial charge in [0.05, 0.1) is 24.3 Å². The molecule has 4 N–H and O–H groups in total. The van der Waals surface area contributed by atoms with Crippen molar-refractivity contribution in [1.29, 1.82) is 0 Å². The second-order valence-electron chi connectivity index (χ2n) is 6.93. The molecular weight excluding hydrogens is 396 g/mol. The number of rotatable bonds is 6. The fraction of sp³-hybridized carbons (Fsp3) is 0.350. The number of amides is 4. The van der Waals surface area contributed by atoms with Crippen LogP contribution in [0, 0.1) is 0 Å². The van der Waals surface area contributed by atoms with Crippen LogP contribution in [0.15, 0.2) is 47.3 Å². The van der Waals surface area contributed by atoms with Gasteiger partial charge in [-0.15, -0.1) is 0 Å². The molecule has 0 spiro atoms. The van der Waals surface area contributed by atoms with Gasteiger partial charge in [-0.3, -0.25) is 9.59 Å². The number of hydrogen-bond acceptors (Lipinski definition) is 4. The number of urea groups is 1. The Kier molecular flexibility index (Phi) is 6.77.